The van der Waals surface area contributed by atoms with Crippen LogP contribution in [0.3, 0.4) is 0 Å². The number of para-hydroxylation sites is 1. The second-order valence-corrected chi connectivity index (χ2v) is 8.93. The standard InChI is InChI=1S/C25H27N5O2/c1-16(2)22-21-17(3)27-30(19-9-5-4-6-10-19)23(21)25(32)29(22)20-11-13-28(15-20)24(31)18-8-7-12-26-14-18/h4-10,12,14,16,20,22H,11,13,15H2,1-3H3. The number of amides is 2. The molecule has 3 aromatic rings. The Hall–Kier alpha value is -3.48. The molecule has 164 valence electrons. The number of rotatable bonds is 4. The van der Waals surface area contributed by atoms with E-state index in [9.17, 15) is 9.59 Å². The molecule has 2 aromatic heterocycles. The summed E-state index contributed by atoms with van der Waals surface area (Å²) in [6.07, 6.45) is 4.03. The number of aromatic nitrogens is 3. The molecule has 1 fully saturated rings. The van der Waals surface area contributed by atoms with E-state index in [1.54, 1.807) is 29.2 Å². The second kappa shape index (κ2) is 7.89. The van der Waals surface area contributed by atoms with Crippen LogP contribution in [0.25, 0.3) is 5.69 Å². The van der Waals surface area contributed by atoms with Crippen LogP contribution >= 0.6 is 0 Å². The highest BCUT2D eigenvalue weighted by atomic mass is 16.2. The van der Waals surface area contributed by atoms with Gasteiger partial charge in [0.15, 0.2) is 0 Å². The highest BCUT2D eigenvalue weighted by Gasteiger charge is 2.48. The minimum absolute atomic E-state index is 0.00355. The Morgan fingerprint density at radius 2 is 1.91 bits per heavy atom. The summed E-state index contributed by atoms with van der Waals surface area (Å²) in [5.74, 6) is 0.205. The van der Waals surface area contributed by atoms with Crippen LogP contribution in [-0.4, -0.2) is 55.5 Å². The quantitative estimate of drug-likeness (QED) is 0.635. The van der Waals surface area contributed by atoms with Crippen LogP contribution in [0.1, 0.15) is 58.4 Å². The molecule has 4 heterocycles. The summed E-state index contributed by atoms with van der Waals surface area (Å²) in [5, 5.41) is 4.73. The predicted molar refractivity (Wildman–Crippen MR) is 121 cm³/mol. The van der Waals surface area contributed by atoms with Crippen LogP contribution in [0.5, 0.6) is 0 Å². The van der Waals surface area contributed by atoms with Gasteiger partial charge in [0.05, 0.1) is 29.0 Å². The lowest BCUT2D eigenvalue weighted by molar-refractivity contribution is 0.0549. The minimum atomic E-state index is -0.0478. The third-order valence-corrected chi connectivity index (χ3v) is 6.52. The average molecular weight is 430 g/mol. The number of hydrogen-bond acceptors (Lipinski definition) is 4. The van der Waals surface area contributed by atoms with Crippen molar-refractivity contribution in [3.63, 3.8) is 0 Å². The van der Waals surface area contributed by atoms with E-state index in [4.69, 9.17) is 5.10 Å². The molecule has 32 heavy (non-hydrogen) atoms. The van der Waals surface area contributed by atoms with E-state index in [1.165, 1.54) is 0 Å². The van der Waals surface area contributed by atoms with Gasteiger partial charge in [-0.3, -0.25) is 14.6 Å². The summed E-state index contributed by atoms with van der Waals surface area (Å²) >= 11 is 0. The van der Waals surface area contributed by atoms with Gasteiger partial charge in [-0.1, -0.05) is 32.0 Å². The van der Waals surface area contributed by atoms with Crippen molar-refractivity contribution in [2.75, 3.05) is 13.1 Å². The smallest absolute Gasteiger partial charge is 0.273 e. The molecule has 2 aliphatic rings. The number of hydrogen-bond donors (Lipinski definition) is 0. The molecule has 0 bridgehead atoms. The van der Waals surface area contributed by atoms with Crippen molar-refractivity contribution >= 4 is 11.8 Å². The van der Waals surface area contributed by atoms with E-state index in [0.29, 0.717) is 24.3 Å². The average Bonchev–Trinajstić information content (AvgIpc) is 3.49. The van der Waals surface area contributed by atoms with Gasteiger partial charge in [-0.15, -0.1) is 0 Å². The fourth-order valence-corrected chi connectivity index (χ4v) is 5.12. The number of benzene rings is 1. The van der Waals surface area contributed by atoms with E-state index < -0.39 is 0 Å². The number of aryl methyl sites for hydroxylation is 1. The summed E-state index contributed by atoms with van der Waals surface area (Å²) < 4.78 is 1.79. The second-order valence-electron chi connectivity index (χ2n) is 8.93. The maximum Gasteiger partial charge on any atom is 0.273 e. The number of nitrogens with zero attached hydrogens (tertiary/aromatic N) is 5. The normalized spacial score (nSPS) is 20.3. The third kappa shape index (κ3) is 3.20. The van der Waals surface area contributed by atoms with Crippen LogP contribution in [0.4, 0.5) is 0 Å². The van der Waals surface area contributed by atoms with Gasteiger partial charge < -0.3 is 9.80 Å². The number of carbonyl (C=O) groups excluding carboxylic acids is 2. The van der Waals surface area contributed by atoms with Gasteiger partial charge in [-0.05, 0) is 43.5 Å². The molecule has 1 saturated heterocycles. The highest BCUT2D eigenvalue weighted by Crippen LogP contribution is 2.43. The lowest BCUT2D eigenvalue weighted by atomic mass is 9.95. The van der Waals surface area contributed by atoms with Crippen LogP contribution in [0.2, 0.25) is 0 Å². The Morgan fingerprint density at radius 3 is 2.59 bits per heavy atom. The first-order chi connectivity index (χ1) is 15.5. The summed E-state index contributed by atoms with van der Waals surface area (Å²) in [6.45, 7) is 7.44. The zero-order valence-corrected chi connectivity index (χ0v) is 18.6. The van der Waals surface area contributed by atoms with Crippen molar-refractivity contribution in [3.8, 4) is 5.69 Å². The van der Waals surface area contributed by atoms with E-state index in [1.807, 2.05) is 47.1 Å². The Morgan fingerprint density at radius 1 is 1.12 bits per heavy atom. The molecule has 7 nitrogen and oxygen atoms in total. The van der Waals surface area contributed by atoms with Crippen molar-refractivity contribution in [1.29, 1.82) is 0 Å². The van der Waals surface area contributed by atoms with Gasteiger partial charge in [0.1, 0.15) is 5.69 Å². The highest BCUT2D eigenvalue weighted by molar-refractivity contribution is 5.99. The van der Waals surface area contributed by atoms with E-state index in [2.05, 4.69) is 18.8 Å². The van der Waals surface area contributed by atoms with Crippen molar-refractivity contribution in [3.05, 3.63) is 77.4 Å². The zero-order valence-electron chi connectivity index (χ0n) is 18.6. The monoisotopic (exact) mass is 429 g/mol. The molecule has 0 aliphatic carbocycles. The molecule has 5 rings (SSSR count). The van der Waals surface area contributed by atoms with Gasteiger partial charge in [-0.25, -0.2) is 4.68 Å². The maximum absolute atomic E-state index is 13.8. The molecular weight excluding hydrogens is 402 g/mol. The van der Waals surface area contributed by atoms with E-state index in [0.717, 1.165) is 23.4 Å². The van der Waals surface area contributed by atoms with Gasteiger partial charge in [-0.2, -0.15) is 5.10 Å². The molecule has 2 atom stereocenters. The first kappa shape index (κ1) is 20.4. The molecule has 0 spiro atoms. The molecule has 2 unspecified atom stereocenters. The third-order valence-electron chi connectivity index (χ3n) is 6.52. The van der Waals surface area contributed by atoms with Crippen LogP contribution in [0, 0.1) is 12.8 Å². The van der Waals surface area contributed by atoms with Crippen LogP contribution < -0.4 is 0 Å². The van der Waals surface area contributed by atoms with Crippen molar-refractivity contribution in [1.82, 2.24) is 24.6 Å². The van der Waals surface area contributed by atoms with Gasteiger partial charge >= 0.3 is 0 Å². The number of fused-ring (bicyclic) bond motifs is 1. The minimum Gasteiger partial charge on any atom is -0.336 e. The molecule has 2 aliphatic heterocycles. The molecule has 2 amide bonds. The fourth-order valence-electron chi connectivity index (χ4n) is 5.12. The summed E-state index contributed by atoms with van der Waals surface area (Å²) in [7, 11) is 0. The zero-order chi connectivity index (χ0) is 22.4. The largest absolute Gasteiger partial charge is 0.336 e. The van der Waals surface area contributed by atoms with Crippen molar-refractivity contribution in [2.45, 2.75) is 39.3 Å². The first-order valence-corrected chi connectivity index (χ1v) is 11.1. The molecule has 0 saturated carbocycles. The number of pyridine rings is 1. The predicted octanol–water partition coefficient (Wildman–Crippen LogP) is 3.64. The summed E-state index contributed by atoms with van der Waals surface area (Å²) in [4.78, 5) is 34.7. The Bertz CT molecular complexity index is 1160. The lowest BCUT2D eigenvalue weighted by Gasteiger charge is -2.33. The fraction of sp³-hybridized carbons (Fsp3) is 0.360. The number of likely N-dealkylation sites (tertiary alicyclic amines) is 1. The molecular formula is C25H27N5O2. The summed E-state index contributed by atoms with van der Waals surface area (Å²) in [5.41, 5.74) is 4.03. The molecule has 7 heteroatoms. The van der Waals surface area contributed by atoms with Gasteiger partial charge in [0.25, 0.3) is 11.8 Å². The molecule has 1 aromatic carbocycles. The SMILES string of the molecule is Cc1nn(-c2ccccc2)c2c1C(C(C)C)N(C1CCN(C(=O)c3cccnc3)C1)C2=O. The Kier molecular flexibility index (Phi) is 5.04. The molecule has 0 radical (unpaired) electrons. The summed E-state index contributed by atoms with van der Waals surface area (Å²) in [6, 6.07) is 13.3. The van der Waals surface area contributed by atoms with Crippen molar-refractivity contribution < 1.29 is 9.59 Å². The van der Waals surface area contributed by atoms with Crippen LogP contribution in [-0.2, 0) is 0 Å². The van der Waals surface area contributed by atoms with Gasteiger partial charge in [0, 0.05) is 31.0 Å². The van der Waals surface area contributed by atoms with Gasteiger partial charge in [0.2, 0.25) is 0 Å². The van der Waals surface area contributed by atoms with Crippen molar-refractivity contribution in [2.24, 2.45) is 5.92 Å². The van der Waals surface area contributed by atoms with Crippen LogP contribution in [0.15, 0.2) is 54.9 Å². The van der Waals surface area contributed by atoms with E-state index in [-0.39, 0.29) is 29.8 Å². The Labute approximate surface area is 187 Å². The van der Waals surface area contributed by atoms with E-state index >= 15 is 0 Å². The maximum atomic E-state index is 13.8. The number of carbonyl (C=O) groups is 2. The first-order valence-electron chi connectivity index (χ1n) is 11.1. The Balaban J connectivity index is 1.47. The molecule has 0 N–H and O–H groups in total. The topological polar surface area (TPSA) is 71.3 Å². The lowest BCUT2D eigenvalue weighted by Crippen LogP contribution is -2.43.